The number of rotatable bonds is 6. The molecule has 1 N–H and O–H groups in total. The maximum absolute atomic E-state index is 12.7. The van der Waals surface area contributed by atoms with Crippen molar-refractivity contribution >= 4 is 16.8 Å². The van der Waals surface area contributed by atoms with Crippen molar-refractivity contribution in [3.8, 4) is 11.5 Å². The lowest BCUT2D eigenvalue weighted by atomic mass is 10.1. The highest BCUT2D eigenvalue weighted by Crippen LogP contribution is 2.33. The maximum atomic E-state index is 12.7. The second kappa shape index (κ2) is 8.39. The molecule has 0 saturated carbocycles. The molecule has 0 bridgehead atoms. The highest BCUT2D eigenvalue weighted by Gasteiger charge is 2.17. The molecule has 3 aromatic rings. The van der Waals surface area contributed by atoms with Crippen LogP contribution in [0.15, 0.2) is 53.3 Å². The molecule has 6 nitrogen and oxygen atoms in total. The number of aromatic nitrogens is 1. The molecule has 1 aliphatic heterocycles. The van der Waals surface area contributed by atoms with Crippen LogP contribution in [0.4, 0.5) is 0 Å². The summed E-state index contributed by atoms with van der Waals surface area (Å²) in [6, 6.07) is 15.5. The summed E-state index contributed by atoms with van der Waals surface area (Å²) in [5.41, 5.74) is 2.23. The first-order chi connectivity index (χ1) is 14.1. The Balaban J connectivity index is 1.59. The van der Waals surface area contributed by atoms with Crippen LogP contribution in [0, 0.1) is 0 Å². The Labute approximate surface area is 169 Å². The molecule has 0 atom stereocenters. The first-order valence-electron chi connectivity index (χ1n) is 9.91. The average Bonchev–Trinajstić information content (AvgIpc) is 2.75. The number of amides is 1. The number of hydrogen-bond donors (Lipinski definition) is 1. The summed E-state index contributed by atoms with van der Waals surface area (Å²) < 4.78 is 11.2. The Morgan fingerprint density at radius 1 is 1.07 bits per heavy atom. The second-order valence-electron chi connectivity index (χ2n) is 7.11. The summed E-state index contributed by atoms with van der Waals surface area (Å²) in [6.07, 6.45) is 1.15. The minimum atomic E-state index is -0.192. The third-order valence-electron chi connectivity index (χ3n) is 5.11. The van der Waals surface area contributed by atoms with Crippen LogP contribution < -0.4 is 15.0 Å². The molecule has 1 aromatic heterocycles. The van der Waals surface area contributed by atoms with Crippen LogP contribution >= 0.6 is 0 Å². The van der Waals surface area contributed by atoms with Gasteiger partial charge in [0, 0.05) is 30.0 Å². The van der Waals surface area contributed by atoms with E-state index in [0.717, 1.165) is 17.4 Å². The molecule has 0 aliphatic carbocycles. The molecule has 0 spiro atoms. The molecule has 2 aromatic carbocycles. The van der Waals surface area contributed by atoms with E-state index in [0.29, 0.717) is 48.8 Å². The number of aromatic amines is 1. The van der Waals surface area contributed by atoms with Crippen molar-refractivity contribution in [2.75, 3.05) is 19.8 Å². The predicted molar refractivity (Wildman–Crippen MR) is 111 cm³/mol. The maximum Gasteiger partial charge on any atom is 0.253 e. The van der Waals surface area contributed by atoms with Crippen molar-refractivity contribution in [2.45, 2.75) is 26.3 Å². The lowest BCUT2D eigenvalue weighted by Gasteiger charge is -2.23. The van der Waals surface area contributed by atoms with Crippen LogP contribution in [0.3, 0.4) is 0 Å². The van der Waals surface area contributed by atoms with E-state index in [-0.39, 0.29) is 18.0 Å². The Morgan fingerprint density at radius 2 is 1.79 bits per heavy atom. The van der Waals surface area contributed by atoms with Crippen LogP contribution in [-0.4, -0.2) is 35.5 Å². The fraction of sp³-hybridized carbons (Fsp3) is 0.304. The average molecular weight is 392 g/mol. The van der Waals surface area contributed by atoms with E-state index < -0.39 is 0 Å². The summed E-state index contributed by atoms with van der Waals surface area (Å²) in [4.78, 5) is 29.8. The molecule has 4 rings (SSSR count). The molecule has 0 unspecified atom stereocenters. The fourth-order valence-electron chi connectivity index (χ4n) is 3.54. The van der Waals surface area contributed by atoms with Gasteiger partial charge in [0.25, 0.3) is 5.56 Å². The molecule has 150 valence electrons. The Morgan fingerprint density at radius 3 is 2.52 bits per heavy atom. The number of pyridine rings is 1. The van der Waals surface area contributed by atoms with Crippen LogP contribution in [0.1, 0.15) is 24.5 Å². The molecule has 1 aliphatic rings. The number of benzene rings is 2. The quantitative estimate of drug-likeness (QED) is 0.699. The summed E-state index contributed by atoms with van der Waals surface area (Å²) >= 11 is 0. The monoisotopic (exact) mass is 392 g/mol. The van der Waals surface area contributed by atoms with E-state index in [1.807, 2.05) is 49.4 Å². The second-order valence-corrected chi connectivity index (χ2v) is 7.11. The zero-order valence-electron chi connectivity index (χ0n) is 16.4. The van der Waals surface area contributed by atoms with Crippen molar-refractivity contribution in [3.63, 3.8) is 0 Å². The SMILES string of the molecule is CCC(=O)N(CCc1ccccc1)Cc1cc2cc3c(cc2[nH]c1=O)OCCO3. The Hall–Kier alpha value is -3.28. The van der Waals surface area contributed by atoms with Crippen LogP contribution in [0.25, 0.3) is 10.9 Å². The summed E-state index contributed by atoms with van der Waals surface area (Å²) in [7, 11) is 0. The molecule has 0 radical (unpaired) electrons. The van der Waals surface area contributed by atoms with Gasteiger partial charge in [-0.25, -0.2) is 0 Å². The van der Waals surface area contributed by atoms with Crippen molar-refractivity contribution in [2.24, 2.45) is 0 Å². The van der Waals surface area contributed by atoms with E-state index in [1.165, 1.54) is 0 Å². The standard InChI is InChI=1S/C23H24N2O4/c1-2-22(26)25(9-8-16-6-4-3-5-7-16)15-18-12-17-13-20-21(29-11-10-28-20)14-19(17)24-23(18)27/h3-7,12-14H,2,8-11,15H2,1H3,(H,24,27). The molecule has 6 heteroatoms. The molecule has 0 saturated heterocycles. The van der Waals surface area contributed by atoms with Crippen molar-refractivity contribution in [1.82, 2.24) is 9.88 Å². The zero-order valence-corrected chi connectivity index (χ0v) is 16.4. The van der Waals surface area contributed by atoms with Crippen LogP contribution in [0.5, 0.6) is 11.5 Å². The minimum absolute atomic E-state index is 0.0302. The van der Waals surface area contributed by atoms with Gasteiger partial charge in [-0.3, -0.25) is 9.59 Å². The number of ether oxygens (including phenoxy) is 2. The largest absolute Gasteiger partial charge is 0.486 e. The molecule has 29 heavy (non-hydrogen) atoms. The third-order valence-corrected chi connectivity index (χ3v) is 5.11. The summed E-state index contributed by atoms with van der Waals surface area (Å²) in [6.45, 7) is 3.68. The number of hydrogen-bond acceptors (Lipinski definition) is 4. The number of carbonyl (C=O) groups excluding carboxylic acids is 1. The van der Waals surface area contributed by atoms with E-state index >= 15 is 0 Å². The van der Waals surface area contributed by atoms with Crippen molar-refractivity contribution in [3.05, 3.63) is 70.0 Å². The number of nitrogens with zero attached hydrogens (tertiary/aromatic N) is 1. The van der Waals surface area contributed by atoms with E-state index in [1.54, 1.807) is 11.0 Å². The van der Waals surface area contributed by atoms with Crippen LogP contribution in [-0.2, 0) is 17.8 Å². The number of H-pyrrole nitrogens is 1. The van der Waals surface area contributed by atoms with Gasteiger partial charge < -0.3 is 19.4 Å². The number of fused-ring (bicyclic) bond motifs is 2. The van der Waals surface area contributed by atoms with Crippen molar-refractivity contribution < 1.29 is 14.3 Å². The molecular weight excluding hydrogens is 368 g/mol. The van der Waals surface area contributed by atoms with Gasteiger partial charge >= 0.3 is 0 Å². The smallest absolute Gasteiger partial charge is 0.253 e. The molecular formula is C23H24N2O4. The summed E-state index contributed by atoms with van der Waals surface area (Å²) in [5, 5.41) is 0.857. The molecule has 2 heterocycles. The van der Waals surface area contributed by atoms with Gasteiger partial charge in [0.2, 0.25) is 5.91 Å². The van der Waals surface area contributed by atoms with Crippen LogP contribution in [0.2, 0.25) is 0 Å². The van der Waals surface area contributed by atoms with Gasteiger partial charge in [-0.2, -0.15) is 0 Å². The highest BCUT2D eigenvalue weighted by molar-refractivity contribution is 5.83. The molecule has 0 fully saturated rings. The first-order valence-corrected chi connectivity index (χ1v) is 9.91. The Bertz CT molecular complexity index is 1080. The van der Waals surface area contributed by atoms with Gasteiger partial charge in [-0.1, -0.05) is 37.3 Å². The highest BCUT2D eigenvalue weighted by atomic mass is 16.6. The minimum Gasteiger partial charge on any atom is -0.486 e. The number of carbonyl (C=O) groups is 1. The van der Waals surface area contributed by atoms with E-state index in [4.69, 9.17) is 9.47 Å². The predicted octanol–water partition coefficient (Wildman–Crippen LogP) is 3.28. The lowest BCUT2D eigenvalue weighted by Crippen LogP contribution is -2.34. The fourth-order valence-corrected chi connectivity index (χ4v) is 3.54. The zero-order chi connectivity index (χ0) is 20.2. The van der Waals surface area contributed by atoms with E-state index in [2.05, 4.69) is 4.98 Å². The third kappa shape index (κ3) is 4.26. The topological polar surface area (TPSA) is 71.6 Å². The normalized spacial score (nSPS) is 12.7. The number of nitrogens with one attached hydrogen (secondary N) is 1. The van der Waals surface area contributed by atoms with Crippen molar-refractivity contribution in [1.29, 1.82) is 0 Å². The Kier molecular flexibility index (Phi) is 5.51. The van der Waals surface area contributed by atoms with E-state index in [9.17, 15) is 9.59 Å². The van der Waals surface area contributed by atoms with Gasteiger partial charge in [-0.15, -0.1) is 0 Å². The van der Waals surface area contributed by atoms with Gasteiger partial charge in [0.1, 0.15) is 13.2 Å². The molecule has 1 amide bonds. The summed E-state index contributed by atoms with van der Waals surface area (Å²) in [5.74, 6) is 1.34. The van der Waals surface area contributed by atoms with Gasteiger partial charge in [-0.05, 0) is 24.1 Å². The first kappa shape index (κ1) is 19.1. The lowest BCUT2D eigenvalue weighted by molar-refractivity contribution is -0.131. The van der Waals surface area contributed by atoms with Gasteiger partial charge in [0.15, 0.2) is 11.5 Å². The van der Waals surface area contributed by atoms with Gasteiger partial charge in [0.05, 0.1) is 12.1 Å².